The van der Waals surface area contributed by atoms with Crippen molar-refractivity contribution in [3.63, 3.8) is 0 Å². The van der Waals surface area contributed by atoms with Crippen molar-refractivity contribution >= 4 is 11.8 Å². The maximum atomic E-state index is 13.4. The summed E-state index contributed by atoms with van der Waals surface area (Å²) in [5, 5.41) is 3.04. The first kappa shape index (κ1) is 16.3. The molecule has 2 aliphatic heterocycles. The summed E-state index contributed by atoms with van der Waals surface area (Å²) in [5.41, 5.74) is 0.568. The second-order valence-corrected chi connectivity index (χ2v) is 6.25. The molecule has 1 atom stereocenters. The number of nitrogens with one attached hydrogen (secondary N) is 2. The molecule has 26 heavy (non-hydrogen) atoms. The zero-order chi connectivity index (χ0) is 18.4. The number of nitrogens with zero attached hydrogens (tertiary/aromatic N) is 1. The zero-order valence-corrected chi connectivity index (χ0v) is 14.0. The highest BCUT2D eigenvalue weighted by Crippen LogP contribution is 2.42. The van der Waals surface area contributed by atoms with Crippen molar-refractivity contribution in [3.8, 4) is 0 Å². The van der Waals surface area contributed by atoms with E-state index in [1.165, 1.54) is 28.8 Å². The van der Waals surface area contributed by atoms with E-state index in [0.29, 0.717) is 35.6 Å². The fraction of sp³-hybridized carbons (Fsp3) is 0.278. The number of H-pyrrole nitrogens is 1. The Bertz CT molecular complexity index is 1050. The van der Waals surface area contributed by atoms with E-state index in [0.717, 1.165) is 0 Å². The first-order valence-electron chi connectivity index (χ1n) is 8.31. The molecule has 0 radical (unpaired) electrons. The van der Waals surface area contributed by atoms with E-state index in [9.17, 15) is 18.8 Å². The summed E-state index contributed by atoms with van der Waals surface area (Å²) in [7, 11) is 0. The largest absolute Gasteiger partial charge is 0.456 e. The summed E-state index contributed by atoms with van der Waals surface area (Å²) in [6, 6.07) is 5.60. The summed E-state index contributed by atoms with van der Waals surface area (Å²) >= 11 is 0. The number of hydrogen-bond acceptors (Lipinski definition) is 5. The quantitative estimate of drug-likeness (QED) is 0.811. The second kappa shape index (κ2) is 5.98. The summed E-state index contributed by atoms with van der Waals surface area (Å²) in [6.45, 7) is 2.36. The molecule has 0 fully saturated rings. The first-order chi connectivity index (χ1) is 12.5. The van der Waals surface area contributed by atoms with Crippen LogP contribution >= 0.6 is 0 Å². The van der Waals surface area contributed by atoms with E-state index < -0.39 is 29.0 Å². The fourth-order valence-electron chi connectivity index (χ4n) is 3.51. The van der Waals surface area contributed by atoms with Crippen molar-refractivity contribution in [2.45, 2.75) is 25.8 Å². The van der Waals surface area contributed by atoms with Crippen LogP contribution in [-0.4, -0.2) is 22.1 Å². The smallest absolute Gasteiger partial charge is 0.337 e. The Labute approximate surface area is 147 Å². The van der Waals surface area contributed by atoms with Crippen LogP contribution in [-0.2, 0) is 16.1 Å². The van der Waals surface area contributed by atoms with Crippen molar-refractivity contribution in [1.29, 1.82) is 0 Å². The Morgan fingerprint density at radius 2 is 1.96 bits per heavy atom. The third kappa shape index (κ3) is 2.37. The minimum Gasteiger partial charge on any atom is -0.456 e. The van der Waals surface area contributed by atoms with Crippen molar-refractivity contribution < 1.29 is 13.9 Å². The number of aromatic amines is 1. The maximum absolute atomic E-state index is 13.4. The number of rotatable bonds is 3. The van der Waals surface area contributed by atoms with Crippen LogP contribution < -0.4 is 16.6 Å². The number of cyclic esters (lactones) is 1. The highest BCUT2D eigenvalue weighted by molar-refractivity contribution is 5.96. The van der Waals surface area contributed by atoms with Crippen LogP contribution in [0.1, 0.15) is 30.4 Å². The molecule has 7 nitrogen and oxygen atoms in total. The highest BCUT2D eigenvalue weighted by atomic mass is 19.1. The lowest BCUT2D eigenvalue weighted by Gasteiger charge is -2.28. The van der Waals surface area contributed by atoms with Gasteiger partial charge in [0.05, 0.1) is 22.8 Å². The van der Waals surface area contributed by atoms with E-state index >= 15 is 0 Å². The van der Waals surface area contributed by atoms with Crippen LogP contribution in [0.3, 0.4) is 0 Å². The number of carbonyl (C=O) groups excluding carboxylic acids is 1. The van der Waals surface area contributed by atoms with Gasteiger partial charge in [0.2, 0.25) is 0 Å². The lowest BCUT2D eigenvalue weighted by molar-refractivity contribution is -0.136. The highest BCUT2D eigenvalue weighted by Gasteiger charge is 2.41. The number of benzene rings is 1. The summed E-state index contributed by atoms with van der Waals surface area (Å²) in [5.74, 6) is -1.33. The fourth-order valence-corrected chi connectivity index (χ4v) is 3.51. The van der Waals surface area contributed by atoms with E-state index in [1.54, 1.807) is 0 Å². The molecule has 2 aliphatic rings. The van der Waals surface area contributed by atoms with Crippen molar-refractivity contribution in [1.82, 2.24) is 9.55 Å². The lowest BCUT2D eigenvalue weighted by atomic mass is 9.83. The van der Waals surface area contributed by atoms with E-state index in [-0.39, 0.29) is 12.2 Å². The molecule has 1 aromatic heterocycles. The number of ether oxygens (including phenoxy) is 1. The molecule has 0 bridgehead atoms. The topological polar surface area (TPSA) is 93.2 Å². The Hall–Kier alpha value is -3.16. The van der Waals surface area contributed by atoms with Crippen LogP contribution in [0.5, 0.6) is 0 Å². The molecule has 1 aromatic carbocycles. The number of halogens is 1. The van der Waals surface area contributed by atoms with Crippen molar-refractivity contribution in [2.24, 2.45) is 0 Å². The van der Waals surface area contributed by atoms with Gasteiger partial charge >= 0.3 is 11.7 Å². The number of aromatic nitrogens is 2. The molecule has 8 heteroatoms. The van der Waals surface area contributed by atoms with Crippen molar-refractivity contribution in [2.75, 3.05) is 11.9 Å². The zero-order valence-electron chi connectivity index (χ0n) is 14.0. The van der Waals surface area contributed by atoms with Crippen LogP contribution in [0, 0.1) is 5.82 Å². The molecule has 2 aromatic rings. The van der Waals surface area contributed by atoms with Crippen LogP contribution in [0.25, 0.3) is 0 Å². The SMILES string of the molecule is CCCn1c2c(c(=O)[nH]c1=O)[C@H](c1ccc(F)cc1)C1=C(COC1=O)N2. The molecule has 0 saturated heterocycles. The van der Waals surface area contributed by atoms with Crippen LogP contribution in [0.15, 0.2) is 45.1 Å². The number of esters is 1. The molecule has 0 saturated carbocycles. The third-order valence-electron chi connectivity index (χ3n) is 4.63. The van der Waals surface area contributed by atoms with Gasteiger partial charge < -0.3 is 10.1 Å². The number of fused-ring (bicyclic) bond motifs is 1. The molecule has 134 valence electrons. The van der Waals surface area contributed by atoms with Crippen molar-refractivity contribution in [3.05, 3.63) is 73.3 Å². The molecule has 2 N–H and O–H groups in total. The van der Waals surface area contributed by atoms with Gasteiger partial charge in [-0.1, -0.05) is 19.1 Å². The van der Waals surface area contributed by atoms with Crippen LogP contribution in [0.4, 0.5) is 10.2 Å². The van der Waals surface area contributed by atoms with Crippen LogP contribution in [0.2, 0.25) is 0 Å². The molecular formula is C18H16FN3O4. The van der Waals surface area contributed by atoms with Gasteiger partial charge in [0.25, 0.3) is 5.56 Å². The third-order valence-corrected chi connectivity index (χ3v) is 4.63. The summed E-state index contributed by atoms with van der Waals surface area (Å²) in [4.78, 5) is 39.5. The van der Waals surface area contributed by atoms with Gasteiger partial charge in [-0.05, 0) is 24.1 Å². The minimum absolute atomic E-state index is 0.0401. The maximum Gasteiger partial charge on any atom is 0.337 e. The standard InChI is InChI=1S/C18H16FN3O4/c1-2-7-22-15-14(16(23)21-18(22)25)12(9-3-5-10(19)6-4-9)13-11(20-15)8-26-17(13)24/h3-6,12,20H,2,7-8H2,1H3,(H,21,23,25)/t12-/m1/s1. The van der Waals surface area contributed by atoms with E-state index in [4.69, 9.17) is 4.74 Å². The molecule has 0 aliphatic carbocycles. The van der Waals surface area contributed by atoms with Gasteiger partial charge in [-0.2, -0.15) is 0 Å². The Morgan fingerprint density at radius 3 is 2.65 bits per heavy atom. The molecule has 0 amide bonds. The first-order valence-corrected chi connectivity index (χ1v) is 8.31. The Kier molecular flexibility index (Phi) is 3.75. The molecule has 3 heterocycles. The average molecular weight is 357 g/mol. The molecule has 0 spiro atoms. The Morgan fingerprint density at radius 1 is 1.23 bits per heavy atom. The molecule has 4 rings (SSSR count). The monoisotopic (exact) mass is 357 g/mol. The van der Waals surface area contributed by atoms with E-state index in [1.807, 2.05) is 6.92 Å². The average Bonchev–Trinajstić information content (AvgIpc) is 2.98. The van der Waals surface area contributed by atoms with Gasteiger partial charge in [-0.15, -0.1) is 0 Å². The number of carbonyl (C=O) groups is 1. The van der Waals surface area contributed by atoms with Gasteiger partial charge in [0, 0.05) is 6.54 Å². The number of hydrogen-bond donors (Lipinski definition) is 2. The second-order valence-electron chi connectivity index (χ2n) is 6.25. The van der Waals surface area contributed by atoms with Gasteiger partial charge in [0.1, 0.15) is 18.2 Å². The lowest BCUT2D eigenvalue weighted by Crippen LogP contribution is -2.38. The number of anilines is 1. The Balaban J connectivity index is 2.02. The summed E-state index contributed by atoms with van der Waals surface area (Å²) in [6.07, 6.45) is 0.683. The predicted octanol–water partition coefficient (Wildman–Crippen LogP) is 1.45. The minimum atomic E-state index is -0.732. The predicted molar refractivity (Wildman–Crippen MR) is 91.5 cm³/mol. The van der Waals surface area contributed by atoms with Gasteiger partial charge in [-0.3, -0.25) is 14.3 Å². The van der Waals surface area contributed by atoms with Gasteiger partial charge in [0.15, 0.2) is 0 Å². The molecular weight excluding hydrogens is 341 g/mol. The van der Waals surface area contributed by atoms with E-state index in [2.05, 4.69) is 10.3 Å². The summed E-state index contributed by atoms with van der Waals surface area (Å²) < 4.78 is 19.9. The molecule has 0 unspecified atom stereocenters. The van der Waals surface area contributed by atoms with Gasteiger partial charge in [-0.25, -0.2) is 14.0 Å². The normalized spacial score (nSPS) is 18.2.